The van der Waals surface area contributed by atoms with Crippen LogP contribution in [0.2, 0.25) is 5.02 Å². The van der Waals surface area contributed by atoms with Gasteiger partial charge in [-0.2, -0.15) is 5.10 Å². The van der Waals surface area contributed by atoms with Crippen LogP contribution < -0.4 is 10.7 Å². The van der Waals surface area contributed by atoms with E-state index in [0.29, 0.717) is 16.6 Å². The molecule has 2 rings (SSSR count). The summed E-state index contributed by atoms with van der Waals surface area (Å²) in [5.41, 5.74) is 7.28. The van der Waals surface area contributed by atoms with Crippen LogP contribution in [0.15, 0.2) is 53.1 Å². The topological polar surface area (TPSA) is 70.6 Å². The van der Waals surface area contributed by atoms with Crippen LogP contribution in [0.1, 0.15) is 56.2 Å². The van der Waals surface area contributed by atoms with Crippen molar-refractivity contribution in [3.8, 4) is 0 Å². The summed E-state index contributed by atoms with van der Waals surface area (Å²) in [5, 5.41) is 7.35. The molecule has 0 saturated carbocycles. The number of amides is 2. The molecule has 158 valence electrons. The molecule has 30 heavy (non-hydrogen) atoms. The number of anilines is 1. The van der Waals surface area contributed by atoms with Crippen LogP contribution in [0.4, 0.5) is 5.69 Å². The molecule has 2 aromatic carbocycles. The first-order valence-corrected chi connectivity index (χ1v) is 10.3. The summed E-state index contributed by atoms with van der Waals surface area (Å²) >= 11 is 5.91. The van der Waals surface area contributed by atoms with Crippen LogP contribution in [-0.4, -0.2) is 18.0 Å². The molecule has 0 bridgehead atoms. The molecule has 2 N–H and O–H groups in total. The van der Waals surface area contributed by atoms with Crippen molar-refractivity contribution in [1.29, 1.82) is 0 Å². The Hall–Kier alpha value is -2.92. The molecule has 0 atom stereocenters. The van der Waals surface area contributed by atoms with E-state index < -0.39 is 0 Å². The lowest BCUT2D eigenvalue weighted by molar-refractivity contribution is -0.124. The second kappa shape index (κ2) is 11.3. The van der Waals surface area contributed by atoms with E-state index in [9.17, 15) is 9.59 Å². The van der Waals surface area contributed by atoms with E-state index in [4.69, 9.17) is 11.6 Å². The lowest BCUT2D eigenvalue weighted by Gasteiger charge is -2.08. The average Bonchev–Trinajstić information content (AvgIpc) is 2.69. The third-order valence-corrected chi connectivity index (χ3v) is 4.73. The van der Waals surface area contributed by atoms with Gasteiger partial charge in [-0.1, -0.05) is 55.8 Å². The monoisotopic (exact) mass is 425 g/mol. The zero-order chi connectivity index (χ0) is 22.1. The highest BCUT2D eigenvalue weighted by Crippen LogP contribution is 2.20. The molecule has 2 aromatic rings. The van der Waals surface area contributed by atoms with E-state index in [2.05, 4.69) is 54.0 Å². The fraction of sp³-hybridized carbons (Fsp3) is 0.292. The molecule has 0 aliphatic carbocycles. The summed E-state index contributed by atoms with van der Waals surface area (Å²) in [6.45, 7) is 8.09. The highest BCUT2D eigenvalue weighted by atomic mass is 35.5. The Balaban J connectivity index is 1.77. The van der Waals surface area contributed by atoms with Crippen LogP contribution >= 0.6 is 11.6 Å². The van der Waals surface area contributed by atoms with Crippen LogP contribution in [-0.2, 0) is 9.59 Å². The SMILES string of the molecule is C/C(C=NNC(=O)CCC(=O)Nc1ccc(Cl)cc1C)=C/c1ccc(C(C)C)cc1. The minimum Gasteiger partial charge on any atom is -0.326 e. The van der Waals surface area contributed by atoms with Crippen LogP contribution in [0.5, 0.6) is 0 Å². The summed E-state index contributed by atoms with van der Waals surface area (Å²) in [5.74, 6) is -0.0537. The summed E-state index contributed by atoms with van der Waals surface area (Å²) in [4.78, 5) is 23.9. The van der Waals surface area contributed by atoms with Crippen molar-refractivity contribution in [2.45, 2.75) is 46.5 Å². The van der Waals surface area contributed by atoms with Crippen LogP contribution in [0.25, 0.3) is 6.08 Å². The number of nitrogens with zero attached hydrogens (tertiary/aromatic N) is 1. The van der Waals surface area contributed by atoms with Crippen molar-refractivity contribution in [2.75, 3.05) is 5.32 Å². The van der Waals surface area contributed by atoms with Crippen LogP contribution in [0, 0.1) is 6.92 Å². The molecule has 0 spiro atoms. The molecule has 0 aliphatic heterocycles. The Morgan fingerprint density at radius 1 is 1.07 bits per heavy atom. The molecule has 0 aromatic heterocycles. The lowest BCUT2D eigenvalue weighted by Crippen LogP contribution is -2.20. The van der Waals surface area contributed by atoms with Gasteiger partial charge in [-0.15, -0.1) is 0 Å². The highest BCUT2D eigenvalue weighted by Gasteiger charge is 2.08. The molecular formula is C24H28ClN3O2. The Kier molecular flexibility index (Phi) is 8.81. The zero-order valence-corrected chi connectivity index (χ0v) is 18.6. The van der Waals surface area contributed by atoms with Gasteiger partial charge in [-0.3, -0.25) is 9.59 Å². The fourth-order valence-electron chi connectivity index (χ4n) is 2.75. The normalized spacial score (nSPS) is 11.7. The molecule has 0 fully saturated rings. The Bertz CT molecular complexity index is 947. The van der Waals surface area contributed by atoms with Gasteiger partial charge in [0.05, 0.1) is 6.21 Å². The van der Waals surface area contributed by atoms with Gasteiger partial charge in [0.2, 0.25) is 11.8 Å². The van der Waals surface area contributed by atoms with E-state index in [0.717, 1.165) is 16.7 Å². The molecule has 0 heterocycles. The summed E-state index contributed by atoms with van der Waals surface area (Å²) in [6, 6.07) is 13.6. The first kappa shape index (κ1) is 23.4. The molecule has 6 heteroatoms. The minimum atomic E-state index is -0.316. The average molecular weight is 426 g/mol. The molecule has 2 amide bonds. The van der Waals surface area contributed by atoms with Gasteiger partial charge in [0.1, 0.15) is 0 Å². The maximum Gasteiger partial charge on any atom is 0.240 e. The van der Waals surface area contributed by atoms with Gasteiger partial charge >= 0.3 is 0 Å². The third-order valence-electron chi connectivity index (χ3n) is 4.50. The van der Waals surface area contributed by atoms with Crippen LogP contribution in [0.3, 0.4) is 0 Å². The van der Waals surface area contributed by atoms with E-state index in [1.807, 2.05) is 19.9 Å². The summed E-state index contributed by atoms with van der Waals surface area (Å²) in [7, 11) is 0. The highest BCUT2D eigenvalue weighted by molar-refractivity contribution is 6.30. The predicted octanol–water partition coefficient (Wildman–Crippen LogP) is 5.70. The molecule has 0 radical (unpaired) electrons. The third kappa shape index (κ3) is 7.84. The largest absolute Gasteiger partial charge is 0.326 e. The number of hydrazone groups is 1. The van der Waals surface area contributed by atoms with Gasteiger partial charge < -0.3 is 5.32 Å². The number of hydrogen-bond donors (Lipinski definition) is 2. The van der Waals surface area contributed by atoms with Crippen molar-refractivity contribution in [1.82, 2.24) is 5.43 Å². The van der Waals surface area contributed by atoms with Gasteiger partial charge in [-0.25, -0.2) is 5.43 Å². The van der Waals surface area contributed by atoms with Gasteiger partial charge in [0.25, 0.3) is 0 Å². The van der Waals surface area contributed by atoms with Crippen molar-refractivity contribution < 1.29 is 9.59 Å². The number of allylic oxidation sites excluding steroid dienone is 1. The summed E-state index contributed by atoms with van der Waals surface area (Å²) in [6.07, 6.45) is 3.70. The predicted molar refractivity (Wildman–Crippen MR) is 125 cm³/mol. The maximum absolute atomic E-state index is 12.0. The minimum absolute atomic E-state index is 0.0508. The Labute approximate surface area is 183 Å². The maximum atomic E-state index is 12.0. The Morgan fingerprint density at radius 3 is 2.37 bits per heavy atom. The number of benzene rings is 2. The number of rotatable bonds is 8. The smallest absolute Gasteiger partial charge is 0.240 e. The van der Waals surface area contributed by atoms with Crippen molar-refractivity contribution in [3.05, 3.63) is 69.8 Å². The van der Waals surface area contributed by atoms with E-state index in [1.165, 1.54) is 5.56 Å². The number of nitrogens with one attached hydrogen (secondary N) is 2. The first-order valence-electron chi connectivity index (χ1n) is 9.90. The number of carbonyl (C=O) groups excluding carboxylic acids is 2. The molecular weight excluding hydrogens is 398 g/mol. The van der Waals surface area contributed by atoms with E-state index in [-0.39, 0.29) is 24.7 Å². The van der Waals surface area contributed by atoms with Crippen molar-refractivity contribution in [2.24, 2.45) is 5.10 Å². The molecule has 0 unspecified atom stereocenters. The number of aryl methyl sites for hydroxylation is 1. The van der Waals surface area contributed by atoms with E-state index >= 15 is 0 Å². The number of hydrogen-bond acceptors (Lipinski definition) is 3. The standard InChI is InChI=1S/C24H28ClN3O2/c1-16(2)20-7-5-19(6-8-20)13-17(3)15-26-28-24(30)12-11-23(29)27-22-10-9-21(25)14-18(22)4/h5-10,13-16H,11-12H2,1-4H3,(H,27,29)(H,28,30)/b17-13-,26-15?. The van der Waals surface area contributed by atoms with Gasteiger partial charge in [0, 0.05) is 23.6 Å². The quantitative estimate of drug-likeness (QED) is 0.421. The van der Waals surface area contributed by atoms with Crippen molar-refractivity contribution >= 4 is 41.4 Å². The van der Waals surface area contributed by atoms with Gasteiger partial charge in [-0.05, 0) is 60.2 Å². The zero-order valence-electron chi connectivity index (χ0n) is 17.8. The van der Waals surface area contributed by atoms with Gasteiger partial charge in [0.15, 0.2) is 0 Å². The Morgan fingerprint density at radius 2 is 1.73 bits per heavy atom. The second-order valence-corrected chi connectivity index (χ2v) is 7.95. The lowest BCUT2D eigenvalue weighted by atomic mass is 10.0. The van der Waals surface area contributed by atoms with E-state index in [1.54, 1.807) is 24.4 Å². The molecule has 0 saturated heterocycles. The van der Waals surface area contributed by atoms with Crippen molar-refractivity contribution in [3.63, 3.8) is 0 Å². The summed E-state index contributed by atoms with van der Waals surface area (Å²) < 4.78 is 0. The number of halogens is 1. The fourth-order valence-corrected chi connectivity index (χ4v) is 2.97. The first-order chi connectivity index (χ1) is 14.2. The molecule has 5 nitrogen and oxygen atoms in total. The molecule has 0 aliphatic rings. The second-order valence-electron chi connectivity index (χ2n) is 7.51. The number of carbonyl (C=O) groups is 2.